The van der Waals surface area contributed by atoms with Gasteiger partial charge >= 0.3 is 6.18 Å². The molecule has 0 spiro atoms. The van der Waals surface area contributed by atoms with Crippen molar-refractivity contribution in [3.8, 4) is 5.75 Å². The Morgan fingerprint density at radius 2 is 1.77 bits per heavy atom. The number of halogens is 3. The molecule has 0 radical (unpaired) electrons. The van der Waals surface area contributed by atoms with Crippen LogP contribution in [0.1, 0.15) is 28.3 Å². The van der Waals surface area contributed by atoms with E-state index in [0.29, 0.717) is 32.4 Å². The minimum atomic E-state index is -4.63. The molecule has 2 saturated heterocycles. The highest BCUT2D eigenvalue weighted by molar-refractivity contribution is 7.16. The number of methoxy groups -OCH3 is 1. The first-order valence-electron chi connectivity index (χ1n) is 14.6. The van der Waals surface area contributed by atoms with Gasteiger partial charge in [0.15, 0.2) is 11.5 Å². The van der Waals surface area contributed by atoms with Crippen LogP contribution in [0.5, 0.6) is 5.75 Å². The van der Waals surface area contributed by atoms with E-state index in [2.05, 4.69) is 42.0 Å². The summed E-state index contributed by atoms with van der Waals surface area (Å²) in [5.41, 5.74) is 1.58. The molecule has 1 N–H and O–H groups in total. The molecule has 3 aliphatic heterocycles. The number of nitrogens with zero attached hydrogens (tertiary/aromatic N) is 8. The molecule has 0 bridgehead atoms. The van der Waals surface area contributed by atoms with E-state index in [9.17, 15) is 18.0 Å². The maximum Gasteiger partial charge on any atom is 0.406 e. The Morgan fingerprint density at radius 3 is 2.45 bits per heavy atom. The number of likely N-dealkylation sites (N-methyl/N-ethyl adjacent to an activating group) is 1. The van der Waals surface area contributed by atoms with Crippen LogP contribution in [0, 0.1) is 6.92 Å². The molecule has 5 heterocycles. The van der Waals surface area contributed by atoms with Crippen molar-refractivity contribution in [3.63, 3.8) is 0 Å². The fourth-order valence-electron chi connectivity index (χ4n) is 6.12. The molecule has 0 aliphatic carbocycles. The third-order valence-corrected chi connectivity index (χ3v) is 9.51. The van der Waals surface area contributed by atoms with Gasteiger partial charge in [-0.25, -0.2) is 9.97 Å². The number of aromatic nitrogens is 3. The number of alkyl halides is 3. The molecule has 0 saturated carbocycles. The fraction of sp³-hybridized carbons (Fsp3) is 0.517. The fourth-order valence-corrected chi connectivity index (χ4v) is 6.99. The number of rotatable bonds is 6. The quantitative estimate of drug-likeness (QED) is 0.419. The smallest absolute Gasteiger partial charge is 0.406 e. The number of fused-ring (bicyclic) bond motifs is 2. The van der Waals surface area contributed by atoms with Crippen LogP contribution in [0.15, 0.2) is 24.4 Å². The maximum absolute atomic E-state index is 13.5. The molecule has 1 amide bonds. The average Bonchev–Trinajstić information content (AvgIpc) is 3.38. The second kappa shape index (κ2) is 12.0. The van der Waals surface area contributed by atoms with Crippen LogP contribution >= 0.6 is 11.3 Å². The van der Waals surface area contributed by atoms with Crippen LogP contribution in [-0.4, -0.2) is 110 Å². The van der Waals surface area contributed by atoms with E-state index in [4.69, 9.17) is 4.74 Å². The Morgan fingerprint density at radius 1 is 1.05 bits per heavy atom. The lowest BCUT2D eigenvalue weighted by Crippen LogP contribution is -2.52. The number of amides is 1. The molecule has 1 aromatic carbocycles. The van der Waals surface area contributed by atoms with Crippen LogP contribution < -0.4 is 24.8 Å². The van der Waals surface area contributed by atoms with Gasteiger partial charge in [-0.1, -0.05) is 0 Å². The number of anilines is 6. The Bertz CT molecular complexity index is 1520. The normalized spacial score (nSPS) is 18.7. The SMILES string of the molecule is COc1cc(Nc2ncc3c(n2)N(C)c2sc(C)nc2C(=O)N3CC(F)(F)F)ccc1N1CCC(N2CCN(C)CC2)CC1. The first-order chi connectivity index (χ1) is 21.0. The minimum Gasteiger partial charge on any atom is -0.495 e. The molecular weight excluding hydrogens is 595 g/mol. The number of aryl methyl sites for hydroxylation is 1. The molecule has 15 heteroatoms. The van der Waals surface area contributed by atoms with Gasteiger partial charge in [0.1, 0.15) is 23.0 Å². The summed E-state index contributed by atoms with van der Waals surface area (Å²) in [5, 5.41) is 4.15. The number of hydrogen-bond acceptors (Lipinski definition) is 11. The average molecular weight is 632 g/mol. The second-order valence-electron chi connectivity index (χ2n) is 11.4. The molecule has 2 fully saturated rings. The summed E-state index contributed by atoms with van der Waals surface area (Å²) in [6.07, 6.45) is -1.20. The zero-order valence-electron chi connectivity index (χ0n) is 25.2. The molecule has 11 nitrogen and oxygen atoms in total. The Kier molecular flexibility index (Phi) is 8.28. The van der Waals surface area contributed by atoms with E-state index in [1.54, 1.807) is 26.0 Å². The van der Waals surface area contributed by atoms with E-state index in [0.717, 1.165) is 57.8 Å². The first kappa shape index (κ1) is 30.3. The van der Waals surface area contributed by atoms with Gasteiger partial charge in [-0.05, 0) is 38.9 Å². The van der Waals surface area contributed by atoms with Gasteiger partial charge in [-0.2, -0.15) is 18.2 Å². The van der Waals surface area contributed by atoms with Crippen molar-refractivity contribution in [1.82, 2.24) is 24.8 Å². The lowest BCUT2D eigenvalue weighted by molar-refractivity contribution is -0.118. The van der Waals surface area contributed by atoms with Crippen LogP contribution in [0.25, 0.3) is 0 Å². The van der Waals surface area contributed by atoms with E-state index >= 15 is 0 Å². The van der Waals surface area contributed by atoms with E-state index < -0.39 is 18.6 Å². The van der Waals surface area contributed by atoms with Crippen LogP contribution in [0.3, 0.4) is 0 Å². The number of ether oxygens (including phenoxy) is 1. The van der Waals surface area contributed by atoms with Gasteiger partial charge in [0, 0.05) is 64.1 Å². The van der Waals surface area contributed by atoms with Crippen molar-refractivity contribution in [2.75, 3.05) is 87.0 Å². The monoisotopic (exact) mass is 631 g/mol. The van der Waals surface area contributed by atoms with E-state index in [1.807, 2.05) is 18.2 Å². The molecule has 2 aromatic heterocycles. The number of benzene rings is 1. The van der Waals surface area contributed by atoms with Crippen molar-refractivity contribution in [2.24, 2.45) is 0 Å². The Hall–Kier alpha value is -3.69. The second-order valence-corrected chi connectivity index (χ2v) is 12.6. The number of thiazole rings is 1. The number of piperazine rings is 1. The third kappa shape index (κ3) is 6.13. The van der Waals surface area contributed by atoms with Crippen molar-refractivity contribution >= 4 is 51.1 Å². The topological polar surface area (TPSA) is 93.2 Å². The highest BCUT2D eigenvalue weighted by atomic mass is 32.1. The van der Waals surface area contributed by atoms with Gasteiger partial charge in [0.05, 0.1) is 24.0 Å². The van der Waals surface area contributed by atoms with Crippen LogP contribution in [-0.2, 0) is 0 Å². The number of nitrogens with one attached hydrogen (secondary N) is 1. The standard InChI is InChI=1S/C29H36F3N9O2S/c1-18-34-24-26(42)41(17-29(30,31)32)22-16-33-28(36-25(22)38(3)27(24)44-18)35-19-5-6-21(23(15-19)43-4)40-9-7-20(8-10-40)39-13-11-37(2)12-14-39/h5-6,15-16,20H,7-14,17H2,1-4H3,(H,33,35,36). The highest BCUT2D eigenvalue weighted by Crippen LogP contribution is 2.43. The molecule has 0 atom stereocenters. The summed E-state index contributed by atoms with van der Waals surface area (Å²) in [4.78, 5) is 35.9. The summed E-state index contributed by atoms with van der Waals surface area (Å²) in [6.45, 7) is 6.56. The van der Waals surface area contributed by atoms with Gasteiger partial charge in [-0.3, -0.25) is 14.6 Å². The summed E-state index contributed by atoms with van der Waals surface area (Å²) >= 11 is 1.22. The van der Waals surface area contributed by atoms with Gasteiger partial charge in [0.2, 0.25) is 5.95 Å². The number of carbonyl (C=O) groups excluding carboxylic acids is 1. The summed E-state index contributed by atoms with van der Waals surface area (Å²) in [6, 6.07) is 6.38. The van der Waals surface area contributed by atoms with Crippen LogP contribution in [0.2, 0.25) is 0 Å². The van der Waals surface area contributed by atoms with Crippen molar-refractivity contribution in [1.29, 1.82) is 0 Å². The van der Waals surface area contributed by atoms with Crippen molar-refractivity contribution in [2.45, 2.75) is 32.0 Å². The van der Waals surface area contributed by atoms with Crippen molar-refractivity contribution < 1.29 is 22.7 Å². The maximum atomic E-state index is 13.5. The predicted octanol–water partition coefficient (Wildman–Crippen LogP) is 4.50. The molecule has 3 aromatic rings. The van der Waals surface area contributed by atoms with Gasteiger partial charge < -0.3 is 24.8 Å². The number of carbonyl (C=O) groups is 1. The minimum absolute atomic E-state index is 0.0420. The molecule has 44 heavy (non-hydrogen) atoms. The molecule has 236 valence electrons. The van der Waals surface area contributed by atoms with Gasteiger partial charge in [0.25, 0.3) is 5.91 Å². The number of hydrogen-bond donors (Lipinski definition) is 1. The Balaban J connectivity index is 1.21. The lowest BCUT2D eigenvalue weighted by Gasteiger charge is -2.42. The lowest BCUT2D eigenvalue weighted by atomic mass is 10.0. The zero-order valence-corrected chi connectivity index (χ0v) is 26.0. The van der Waals surface area contributed by atoms with Crippen molar-refractivity contribution in [3.05, 3.63) is 35.1 Å². The summed E-state index contributed by atoms with van der Waals surface area (Å²) < 4.78 is 46.4. The summed E-state index contributed by atoms with van der Waals surface area (Å²) in [7, 11) is 5.46. The molecule has 6 rings (SSSR count). The molecule has 3 aliphatic rings. The third-order valence-electron chi connectivity index (χ3n) is 8.46. The van der Waals surface area contributed by atoms with Gasteiger partial charge in [-0.15, -0.1) is 11.3 Å². The van der Waals surface area contributed by atoms with Crippen LogP contribution in [0.4, 0.5) is 47.0 Å². The zero-order chi connectivity index (χ0) is 31.2. The number of piperidine rings is 1. The largest absolute Gasteiger partial charge is 0.495 e. The first-order valence-corrected chi connectivity index (χ1v) is 15.4. The molecule has 0 unspecified atom stereocenters. The Labute approximate surface area is 258 Å². The predicted molar refractivity (Wildman–Crippen MR) is 165 cm³/mol. The summed E-state index contributed by atoms with van der Waals surface area (Å²) in [5.74, 6) is 0.188. The molecular formula is C29H36F3N9O2S. The highest BCUT2D eigenvalue weighted by Gasteiger charge is 2.40. The van der Waals surface area contributed by atoms with E-state index in [-0.39, 0.29) is 23.1 Å². The van der Waals surface area contributed by atoms with E-state index in [1.165, 1.54) is 17.5 Å².